The van der Waals surface area contributed by atoms with Crippen LogP contribution in [0.2, 0.25) is 0 Å². The molecule has 21 heavy (non-hydrogen) atoms. The largest absolute Gasteiger partial charge is 0.481 e. The van der Waals surface area contributed by atoms with Crippen LogP contribution in [0.15, 0.2) is 28.7 Å². The van der Waals surface area contributed by atoms with Crippen molar-refractivity contribution in [2.45, 2.75) is 24.7 Å². The van der Waals surface area contributed by atoms with Crippen molar-refractivity contribution in [2.75, 3.05) is 13.1 Å². The van der Waals surface area contributed by atoms with Crippen LogP contribution in [0.1, 0.15) is 13.3 Å². The molecule has 0 bridgehead atoms. The lowest BCUT2D eigenvalue weighted by atomic mass is 10.3. The molecule has 0 spiro atoms. The van der Waals surface area contributed by atoms with E-state index in [9.17, 15) is 13.2 Å². The number of nitrogens with zero attached hydrogens (tertiary/aromatic N) is 1. The van der Waals surface area contributed by atoms with Gasteiger partial charge in [0.1, 0.15) is 5.75 Å². The predicted molar refractivity (Wildman–Crippen MR) is 82.3 cm³/mol. The van der Waals surface area contributed by atoms with Crippen molar-refractivity contribution in [3.8, 4) is 5.75 Å². The minimum atomic E-state index is -3.60. The van der Waals surface area contributed by atoms with Gasteiger partial charge in [-0.25, -0.2) is 13.6 Å². The fourth-order valence-corrected chi connectivity index (χ4v) is 3.31. The number of hydrogen-bond donors (Lipinski definition) is 1. The number of benzene rings is 1. The Balaban J connectivity index is 1.96. The first kappa shape index (κ1) is 16.3. The Labute approximate surface area is 132 Å². The van der Waals surface area contributed by atoms with Crippen LogP contribution in [-0.2, 0) is 14.8 Å². The van der Waals surface area contributed by atoms with Gasteiger partial charge >= 0.3 is 0 Å². The van der Waals surface area contributed by atoms with Gasteiger partial charge in [0, 0.05) is 17.6 Å². The fraction of sp³-hybridized carbons (Fsp3) is 0.462. The van der Waals surface area contributed by atoms with Crippen molar-refractivity contribution in [1.82, 2.24) is 4.90 Å². The number of ether oxygens (including phenoxy) is 1. The number of primary sulfonamides is 1. The van der Waals surface area contributed by atoms with Gasteiger partial charge in [-0.3, -0.25) is 4.79 Å². The number of nitrogens with two attached hydrogens (primary N) is 1. The molecule has 1 aliphatic rings. The summed E-state index contributed by atoms with van der Waals surface area (Å²) in [7, 11) is -3.60. The second kappa shape index (κ2) is 6.33. The third-order valence-electron chi connectivity index (χ3n) is 3.40. The van der Waals surface area contributed by atoms with Crippen LogP contribution in [0.4, 0.5) is 0 Å². The smallest absolute Gasteiger partial charge is 0.263 e. The maximum absolute atomic E-state index is 12.2. The molecule has 2 N–H and O–H groups in total. The molecule has 1 aromatic rings. The SMILES string of the molecule is C[C@@H](Oc1ccc(Br)cc1)C(=O)N1CC[C@@H](S(N)(=O)=O)C1. The molecule has 1 fully saturated rings. The Morgan fingerprint density at radius 2 is 2.05 bits per heavy atom. The van der Waals surface area contributed by atoms with Crippen LogP contribution >= 0.6 is 15.9 Å². The average Bonchev–Trinajstić information content (AvgIpc) is 2.90. The van der Waals surface area contributed by atoms with Gasteiger partial charge in [-0.05, 0) is 37.6 Å². The molecule has 0 unspecified atom stereocenters. The summed E-state index contributed by atoms with van der Waals surface area (Å²) in [4.78, 5) is 13.7. The van der Waals surface area contributed by atoms with Gasteiger partial charge in [0.15, 0.2) is 6.10 Å². The zero-order valence-electron chi connectivity index (χ0n) is 11.5. The Kier molecular flexibility index (Phi) is 4.90. The van der Waals surface area contributed by atoms with Crippen LogP contribution in [0, 0.1) is 0 Å². The van der Waals surface area contributed by atoms with E-state index in [1.54, 1.807) is 19.1 Å². The Hall–Kier alpha value is -1.12. The molecule has 0 aliphatic carbocycles. The van der Waals surface area contributed by atoms with Crippen molar-refractivity contribution in [3.63, 3.8) is 0 Å². The van der Waals surface area contributed by atoms with Crippen LogP contribution in [0.5, 0.6) is 5.75 Å². The minimum absolute atomic E-state index is 0.131. The topological polar surface area (TPSA) is 89.7 Å². The molecule has 0 radical (unpaired) electrons. The van der Waals surface area contributed by atoms with E-state index in [0.29, 0.717) is 18.7 Å². The average molecular weight is 377 g/mol. The van der Waals surface area contributed by atoms with Crippen LogP contribution < -0.4 is 9.88 Å². The molecule has 0 saturated carbocycles. The Bertz CT molecular complexity index is 618. The second-order valence-electron chi connectivity index (χ2n) is 5.00. The second-order valence-corrected chi connectivity index (χ2v) is 7.76. The van der Waals surface area contributed by atoms with Gasteiger partial charge in [0.2, 0.25) is 10.0 Å². The van der Waals surface area contributed by atoms with E-state index >= 15 is 0 Å². The van der Waals surface area contributed by atoms with Crippen molar-refractivity contribution < 1.29 is 17.9 Å². The molecule has 6 nitrogen and oxygen atoms in total. The fourth-order valence-electron chi connectivity index (χ4n) is 2.22. The summed E-state index contributed by atoms with van der Waals surface area (Å²) in [5.74, 6) is 0.352. The number of hydrogen-bond acceptors (Lipinski definition) is 4. The highest BCUT2D eigenvalue weighted by atomic mass is 79.9. The Morgan fingerprint density at radius 3 is 2.57 bits per heavy atom. The molecule has 2 atom stereocenters. The van der Waals surface area contributed by atoms with E-state index in [0.717, 1.165) is 4.47 Å². The van der Waals surface area contributed by atoms with Crippen molar-refractivity contribution in [1.29, 1.82) is 0 Å². The van der Waals surface area contributed by atoms with Gasteiger partial charge < -0.3 is 9.64 Å². The number of sulfonamides is 1. The highest BCUT2D eigenvalue weighted by molar-refractivity contribution is 9.10. The van der Waals surface area contributed by atoms with Crippen molar-refractivity contribution >= 4 is 31.9 Å². The molecule has 0 aromatic heterocycles. The van der Waals surface area contributed by atoms with E-state index in [2.05, 4.69) is 15.9 Å². The summed E-state index contributed by atoms with van der Waals surface area (Å²) in [5, 5.41) is 4.44. The summed E-state index contributed by atoms with van der Waals surface area (Å²) >= 11 is 3.32. The summed E-state index contributed by atoms with van der Waals surface area (Å²) in [6.07, 6.45) is -0.305. The van der Waals surface area contributed by atoms with Gasteiger partial charge in [0.05, 0.1) is 5.25 Å². The first-order valence-corrected chi connectivity index (χ1v) is 8.90. The van der Waals surface area contributed by atoms with Crippen LogP contribution in [0.25, 0.3) is 0 Å². The van der Waals surface area contributed by atoms with Crippen molar-refractivity contribution in [3.05, 3.63) is 28.7 Å². The molecule has 1 heterocycles. The molecular weight excluding hydrogens is 360 g/mol. The zero-order chi connectivity index (χ0) is 15.6. The number of rotatable bonds is 4. The predicted octanol–water partition coefficient (Wildman–Crippen LogP) is 1.11. The Morgan fingerprint density at radius 1 is 1.43 bits per heavy atom. The summed E-state index contributed by atoms with van der Waals surface area (Å²) < 4.78 is 29.1. The van der Waals surface area contributed by atoms with E-state index in [1.165, 1.54) is 4.90 Å². The van der Waals surface area contributed by atoms with Gasteiger partial charge in [-0.15, -0.1) is 0 Å². The normalized spacial score (nSPS) is 20.3. The monoisotopic (exact) mass is 376 g/mol. The maximum atomic E-state index is 12.2. The zero-order valence-corrected chi connectivity index (χ0v) is 13.9. The highest BCUT2D eigenvalue weighted by Crippen LogP contribution is 2.20. The molecule has 1 amide bonds. The summed E-state index contributed by atoms with van der Waals surface area (Å²) in [6.45, 7) is 2.16. The van der Waals surface area contributed by atoms with Gasteiger partial charge in [-0.2, -0.15) is 0 Å². The first-order valence-electron chi connectivity index (χ1n) is 6.50. The number of amides is 1. The van der Waals surface area contributed by atoms with E-state index in [1.807, 2.05) is 12.1 Å². The molecule has 1 aliphatic heterocycles. The van der Waals surface area contributed by atoms with E-state index in [-0.39, 0.29) is 12.5 Å². The molecule has 8 heteroatoms. The van der Waals surface area contributed by atoms with E-state index < -0.39 is 21.4 Å². The number of carbonyl (C=O) groups is 1. The summed E-state index contributed by atoms with van der Waals surface area (Å²) in [6, 6.07) is 7.15. The van der Waals surface area contributed by atoms with Crippen LogP contribution in [-0.4, -0.2) is 43.7 Å². The van der Waals surface area contributed by atoms with Gasteiger partial charge in [0.25, 0.3) is 5.91 Å². The molecule has 1 aromatic carbocycles. The number of carbonyl (C=O) groups excluding carboxylic acids is 1. The lowest BCUT2D eigenvalue weighted by molar-refractivity contribution is -0.136. The first-order chi connectivity index (χ1) is 9.77. The highest BCUT2D eigenvalue weighted by Gasteiger charge is 2.35. The molecule has 2 rings (SSSR count). The standard InChI is InChI=1S/C13H17BrN2O4S/c1-9(20-11-4-2-10(14)3-5-11)13(17)16-7-6-12(8-16)21(15,18)19/h2-5,9,12H,6-8H2,1H3,(H2,15,18,19)/t9-,12-/m1/s1. The number of likely N-dealkylation sites (tertiary alicyclic amines) is 1. The maximum Gasteiger partial charge on any atom is 0.263 e. The summed E-state index contributed by atoms with van der Waals surface area (Å²) in [5.41, 5.74) is 0. The molecule has 1 saturated heterocycles. The molecular formula is C13H17BrN2O4S. The van der Waals surface area contributed by atoms with Crippen LogP contribution in [0.3, 0.4) is 0 Å². The minimum Gasteiger partial charge on any atom is -0.481 e. The molecule has 116 valence electrons. The quantitative estimate of drug-likeness (QED) is 0.851. The third-order valence-corrected chi connectivity index (χ3v) is 5.24. The van der Waals surface area contributed by atoms with E-state index in [4.69, 9.17) is 9.88 Å². The lowest BCUT2D eigenvalue weighted by Gasteiger charge is -2.21. The van der Waals surface area contributed by atoms with Gasteiger partial charge in [-0.1, -0.05) is 15.9 Å². The van der Waals surface area contributed by atoms with Crippen molar-refractivity contribution in [2.24, 2.45) is 5.14 Å². The third kappa shape index (κ3) is 4.18. The number of halogens is 1. The lowest BCUT2D eigenvalue weighted by Crippen LogP contribution is -2.40.